The number of thiocarbonyl (C=S) groups is 1. The fourth-order valence-electron chi connectivity index (χ4n) is 2.96. The van der Waals surface area contributed by atoms with Crippen molar-refractivity contribution in [2.24, 2.45) is 5.73 Å². The van der Waals surface area contributed by atoms with Gasteiger partial charge in [-0.3, -0.25) is 4.68 Å². The maximum atomic E-state index is 9.68. The molecule has 2 aromatic rings. The highest BCUT2D eigenvalue weighted by Gasteiger charge is 2.21. The van der Waals surface area contributed by atoms with Crippen LogP contribution in [-0.4, -0.2) is 60.4 Å². The second-order valence-corrected chi connectivity index (χ2v) is 7.39. The van der Waals surface area contributed by atoms with Gasteiger partial charge in [0, 0.05) is 25.3 Å². The van der Waals surface area contributed by atoms with Gasteiger partial charge in [0.2, 0.25) is 0 Å². The molecular weight excluding hydrogens is 378 g/mol. The van der Waals surface area contributed by atoms with Gasteiger partial charge in [0.15, 0.2) is 5.11 Å². The minimum absolute atomic E-state index is 0.00854. The van der Waals surface area contributed by atoms with Gasteiger partial charge in [0.25, 0.3) is 0 Å². The van der Waals surface area contributed by atoms with E-state index in [-0.39, 0.29) is 12.2 Å². The van der Waals surface area contributed by atoms with Gasteiger partial charge in [-0.1, -0.05) is 5.21 Å². The van der Waals surface area contributed by atoms with Gasteiger partial charge >= 0.3 is 0 Å². The van der Waals surface area contributed by atoms with Crippen LogP contribution < -0.4 is 11.1 Å². The SMILES string of the molecule is CCNC(N)=S.Cc1nn(Cc2cn(CC3CC(O)CCO3)nn2)c(C)c1C. The molecule has 28 heavy (non-hydrogen) atoms. The minimum Gasteiger partial charge on any atom is -0.393 e. The molecule has 2 atom stereocenters. The average Bonchev–Trinajstić information content (AvgIpc) is 3.16. The molecule has 0 amide bonds. The van der Waals surface area contributed by atoms with E-state index >= 15 is 0 Å². The lowest BCUT2D eigenvalue weighted by molar-refractivity contribution is -0.0512. The Morgan fingerprint density at radius 3 is 2.71 bits per heavy atom. The van der Waals surface area contributed by atoms with E-state index in [4.69, 9.17) is 10.5 Å². The number of aliphatic hydroxyl groups is 1. The van der Waals surface area contributed by atoms with Crippen LogP contribution >= 0.6 is 12.2 Å². The topological polar surface area (TPSA) is 116 Å². The highest BCUT2D eigenvalue weighted by atomic mass is 32.1. The molecule has 3 heterocycles. The van der Waals surface area contributed by atoms with Crippen LogP contribution in [0.15, 0.2) is 6.20 Å². The number of hydrogen-bond donors (Lipinski definition) is 3. The van der Waals surface area contributed by atoms with Gasteiger partial charge in [-0.2, -0.15) is 5.10 Å². The number of hydrogen-bond acceptors (Lipinski definition) is 6. The van der Waals surface area contributed by atoms with Gasteiger partial charge in [-0.15, -0.1) is 5.10 Å². The van der Waals surface area contributed by atoms with Gasteiger partial charge in [0.05, 0.1) is 37.2 Å². The number of ether oxygens (including phenoxy) is 1. The smallest absolute Gasteiger partial charge is 0.163 e. The predicted octanol–water partition coefficient (Wildman–Crippen LogP) is 0.828. The summed E-state index contributed by atoms with van der Waals surface area (Å²) < 4.78 is 9.40. The molecular formula is C18H31N7O2S. The van der Waals surface area contributed by atoms with Crippen molar-refractivity contribution in [2.45, 2.75) is 65.8 Å². The largest absolute Gasteiger partial charge is 0.393 e. The molecule has 0 saturated carbocycles. The molecule has 0 spiro atoms. The quantitative estimate of drug-likeness (QED) is 0.622. The first kappa shape index (κ1) is 22.3. The summed E-state index contributed by atoms with van der Waals surface area (Å²) in [5.41, 5.74) is 9.33. The van der Waals surface area contributed by atoms with E-state index in [0.717, 1.165) is 30.0 Å². The number of aliphatic hydroxyl groups excluding tert-OH is 1. The van der Waals surface area contributed by atoms with E-state index in [1.165, 1.54) is 5.56 Å². The first-order valence-electron chi connectivity index (χ1n) is 9.52. The van der Waals surface area contributed by atoms with Crippen molar-refractivity contribution >= 4 is 17.3 Å². The van der Waals surface area contributed by atoms with Crippen LogP contribution in [0.3, 0.4) is 0 Å². The third kappa shape index (κ3) is 6.54. The lowest BCUT2D eigenvalue weighted by Gasteiger charge is -2.26. The molecule has 0 bridgehead atoms. The van der Waals surface area contributed by atoms with Crippen LogP contribution in [0.2, 0.25) is 0 Å². The summed E-state index contributed by atoms with van der Waals surface area (Å²) in [6, 6.07) is 0. The summed E-state index contributed by atoms with van der Waals surface area (Å²) in [4.78, 5) is 0. The maximum Gasteiger partial charge on any atom is 0.163 e. The van der Waals surface area contributed by atoms with Crippen molar-refractivity contribution < 1.29 is 9.84 Å². The van der Waals surface area contributed by atoms with E-state index in [1.54, 1.807) is 4.68 Å². The molecule has 4 N–H and O–H groups in total. The summed E-state index contributed by atoms with van der Waals surface area (Å²) in [6.45, 7) is 10.8. The normalized spacial score (nSPS) is 19.0. The number of rotatable bonds is 5. The van der Waals surface area contributed by atoms with Gasteiger partial charge < -0.3 is 20.9 Å². The highest BCUT2D eigenvalue weighted by molar-refractivity contribution is 7.80. The number of aromatic nitrogens is 5. The lowest BCUT2D eigenvalue weighted by Crippen LogP contribution is -2.32. The third-order valence-corrected chi connectivity index (χ3v) is 4.87. The Balaban J connectivity index is 0.000000409. The Hall–Kier alpha value is -2.04. The maximum absolute atomic E-state index is 9.68. The van der Waals surface area contributed by atoms with Crippen molar-refractivity contribution in [1.82, 2.24) is 30.1 Å². The second kappa shape index (κ2) is 10.5. The van der Waals surface area contributed by atoms with Gasteiger partial charge in [-0.05, 0) is 51.9 Å². The van der Waals surface area contributed by atoms with E-state index in [1.807, 2.05) is 24.7 Å². The van der Waals surface area contributed by atoms with E-state index in [0.29, 0.717) is 31.2 Å². The van der Waals surface area contributed by atoms with Crippen LogP contribution in [0.4, 0.5) is 0 Å². The Labute approximate surface area is 171 Å². The van der Waals surface area contributed by atoms with Crippen molar-refractivity contribution in [2.75, 3.05) is 13.2 Å². The minimum atomic E-state index is -0.264. The Bertz CT molecular complexity index is 774. The highest BCUT2D eigenvalue weighted by Crippen LogP contribution is 2.16. The molecule has 1 aliphatic heterocycles. The zero-order valence-corrected chi connectivity index (χ0v) is 17.9. The first-order chi connectivity index (χ1) is 13.3. The zero-order chi connectivity index (χ0) is 20.7. The molecule has 0 aliphatic carbocycles. The van der Waals surface area contributed by atoms with Crippen molar-refractivity contribution in [3.63, 3.8) is 0 Å². The Kier molecular flexibility index (Phi) is 8.34. The zero-order valence-electron chi connectivity index (χ0n) is 17.1. The van der Waals surface area contributed by atoms with Crippen LogP contribution in [-0.2, 0) is 17.8 Å². The van der Waals surface area contributed by atoms with Gasteiger partial charge in [0.1, 0.15) is 5.69 Å². The molecule has 0 radical (unpaired) electrons. The number of aryl methyl sites for hydroxylation is 1. The molecule has 2 unspecified atom stereocenters. The van der Waals surface area contributed by atoms with E-state index < -0.39 is 0 Å². The summed E-state index contributed by atoms with van der Waals surface area (Å²) in [5, 5.41) is 25.7. The summed E-state index contributed by atoms with van der Waals surface area (Å²) >= 11 is 4.46. The summed E-state index contributed by atoms with van der Waals surface area (Å²) in [7, 11) is 0. The number of nitrogens with one attached hydrogen (secondary N) is 1. The Morgan fingerprint density at radius 1 is 1.43 bits per heavy atom. The van der Waals surface area contributed by atoms with E-state index in [2.05, 4.69) is 46.8 Å². The molecule has 1 fully saturated rings. The molecule has 2 aromatic heterocycles. The predicted molar refractivity (Wildman–Crippen MR) is 111 cm³/mol. The fraction of sp³-hybridized carbons (Fsp3) is 0.667. The molecule has 9 nitrogen and oxygen atoms in total. The molecule has 1 aliphatic rings. The van der Waals surface area contributed by atoms with Crippen molar-refractivity contribution in [1.29, 1.82) is 0 Å². The van der Waals surface area contributed by atoms with Crippen LogP contribution in [0.1, 0.15) is 42.4 Å². The second-order valence-electron chi connectivity index (χ2n) is 6.95. The Morgan fingerprint density at radius 2 is 2.18 bits per heavy atom. The summed E-state index contributed by atoms with van der Waals surface area (Å²) in [6.07, 6.45) is 3.05. The average molecular weight is 410 g/mol. The number of nitrogens with zero attached hydrogens (tertiary/aromatic N) is 5. The van der Waals surface area contributed by atoms with E-state index in [9.17, 15) is 5.11 Å². The molecule has 10 heteroatoms. The van der Waals surface area contributed by atoms with Gasteiger partial charge in [-0.25, -0.2) is 4.68 Å². The van der Waals surface area contributed by atoms with Crippen LogP contribution in [0, 0.1) is 20.8 Å². The molecule has 1 saturated heterocycles. The fourth-order valence-corrected chi connectivity index (χ4v) is 3.11. The van der Waals surface area contributed by atoms with Crippen LogP contribution in [0.25, 0.3) is 0 Å². The standard InChI is InChI=1S/C15H23N5O2.C3H8N2S/c1-10-11(2)17-20(12(10)3)8-13-7-19(18-16-13)9-15-6-14(21)4-5-22-15;1-2-5-3(4)6/h7,14-15,21H,4-6,8-9H2,1-3H3;2H2,1H3,(H3,4,5,6). The summed E-state index contributed by atoms with van der Waals surface area (Å²) in [5.74, 6) is 0. The van der Waals surface area contributed by atoms with Crippen LogP contribution in [0.5, 0.6) is 0 Å². The lowest BCUT2D eigenvalue weighted by atomic mass is 10.1. The molecule has 3 rings (SSSR count). The first-order valence-corrected chi connectivity index (χ1v) is 9.93. The third-order valence-electron chi connectivity index (χ3n) is 4.72. The van der Waals surface area contributed by atoms with Crippen molar-refractivity contribution in [3.05, 3.63) is 28.8 Å². The van der Waals surface area contributed by atoms with Crippen molar-refractivity contribution in [3.8, 4) is 0 Å². The monoisotopic (exact) mass is 409 g/mol. The number of nitrogens with two attached hydrogens (primary N) is 1. The molecule has 0 aromatic carbocycles. The molecule has 156 valence electrons.